The molecule has 0 saturated heterocycles. The SMILES string of the molecule is CC(C)(O)c1cn(-c2ccc(-c3ccc(CO)c(S(C)(=O)=O)c3)cc2Cl)c(-c2c(F)cccc2F)n1. The summed E-state index contributed by atoms with van der Waals surface area (Å²) < 4.78 is 55.1. The molecule has 6 nitrogen and oxygen atoms in total. The smallest absolute Gasteiger partial charge is 0.175 e. The molecular formula is C26H23ClF2N2O4S. The Morgan fingerprint density at radius 1 is 1.03 bits per heavy atom. The van der Waals surface area contributed by atoms with Gasteiger partial charge >= 0.3 is 0 Å². The Labute approximate surface area is 212 Å². The lowest BCUT2D eigenvalue weighted by Crippen LogP contribution is -2.15. The Morgan fingerprint density at radius 2 is 1.64 bits per heavy atom. The van der Waals surface area contributed by atoms with E-state index in [2.05, 4.69) is 4.98 Å². The number of aliphatic hydroxyl groups excluding tert-OH is 1. The largest absolute Gasteiger partial charge is 0.392 e. The lowest BCUT2D eigenvalue weighted by Gasteiger charge is -2.14. The van der Waals surface area contributed by atoms with Gasteiger partial charge in [0.05, 0.1) is 33.5 Å². The summed E-state index contributed by atoms with van der Waals surface area (Å²) in [4.78, 5) is 4.32. The van der Waals surface area contributed by atoms with E-state index in [0.29, 0.717) is 16.8 Å². The summed E-state index contributed by atoms with van der Waals surface area (Å²) in [6, 6.07) is 13.0. The van der Waals surface area contributed by atoms with E-state index in [9.17, 15) is 27.4 Å². The van der Waals surface area contributed by atoms with Gasteiger partial charge in [0.2, 0.25) is 0 Å². The molecule has 0 aliphatic rings. The van der Waals surface area contributed by atoms with Gasteiger partial charge in [0.25, 0.3) is 0 Å². The van der Waals surface area contributed by atoms with E-state index in [1.165, 1.54) is 42.8 Å². The number of hydrogen-bond donors (Lipinski definition) is 2. The van der Waals surface area contributed by atoms with Crippen LogP contribution in [0.5, 0.6) is 0 Å². The zero-order chi connectivity index (χ0) is 26.4. The number of benzene rings is 3. The molecule has 0 aliphatic heterocycles. The first-order valence-electron chi connectivity index (χ1n) is 10.8. The van der Waals surface area contributed by atoms with E-state index in [0.717, 1.165) is 18.4 Å². The number of halogens is 3. The minimum Gasteiger partial charge on any atom is -0.392 e. The molecule has 3 aromatic carbocycles. The lowest BCUT2D eigenvalue weighted by atomic mass is 10.0. The first-order chi connectivity index (χ1) is 16.8. The third kappa shape index (κ3) is 4.92. The van der Waals surface area contributed by atoms with E-state index in [1.807, 2.05) is 0 Å². The van der Waals surface area contributed by atoms with Gasteiger partial charge < -0.3 is 10.2 Å². The quantitative estimate of drug-likeness (QED) is 0.353. The fourth-order valence-electron chi connectivity index (χ4n) is 3.84. The van der Waals surface area contributed by atoms with Crippen LogP contribution in [-0.2, 0) is 22.0 Å². The van der Waals surface area contributed by atoms with Crippen molar-refractivity contribution in [1.82, 2.24) is 9.55 Å². The van der Waals surface area contributed by atoms with Crippen LogP contribution in [0.1, 0.15) is 25.1 Å². The molecule has 36 heavy (non-hydrogen) atoms. The lowest BCUT2D eigenvalue weighted by molar-refractivity contribution is 0.0743. The van der Waals surface area contributed by atoms with Crippen LogP contribution < -0.4 is 0 Å². The maximum absolute atomic E-state index is 14.7. The van der Waals surface area contributed by atoms with Crippen LogP contribution in [0.3, 0.4) is 0 Å². The molecule has 0 atom stereocenters. The Bertz CT molecular complexity index is 1560. The summed E-state index contributed by atoms with van der Waals surface area (Å²) in [5.41, 5.74) is 0.159. The van der Waals surface area contributed by atoms with Crippen molar-refractivity contribution in [3.8, 4) is 28.2 Å². The summed E-state index contributed by atoms with van der Waals surface area (Å²) in [5.74, 6) is -1.73. The average molecular weight is 533 g/mol. The van der Waals surface area contributed by atoms with Gasteiger partial charge in [-0.2, -0.15) is 0 Å². The molecule has 0 radical (unpaired) electrons. The predicted molar refractivity (Wildman–Crippen MR) is 134 cm³/mol. The standard InChI is InChI=1S/C26H23ClF2N2O4S/c1-26(2,33)23-13-31(25(30-23)24-19(28)5-4-6-20(24)29)21-10-9-15(11-18(21)27)16-7-8-17(14-32)22(12-16)36(3,34)35/h4-13,32-33H,14H2,1-3H3. The van der Waals surface area contributed by atoms with E-state index in [1.54, 1.807) is 24.3 Å². The van der Waals surface area contributed by atoms with Crippen LogP contribution in [0.15, 0.2) is 65.7 Å². The second kappa shape index (κ2) is 9.40. The number of rotatable bonds is 6. The highest BCUT2D eigenvalue weighted by Gasteiger charge is 2.26. The van der Waals surface area contributed by atoms with Gasteiger partial charge in [0, 0.05) is 12.5 Å². The number of hydrogen-bond acceptors (Lipinski definition) is 5. The van der Waals surface area contributed by atoms with Gasteiger partial charge in [0.15, 0.2) is 15.7 Å². The van der Waals surface area contributed by atoms with Crippen molar-refractivity contribution in [2.75, 3.05) is 6.26 Å². The highest BCUT2D eigenvalue weighted by molar-refractivity contribution is 7.90. The summed E-state index contributed by atoms with van der Waals surface area (Å²) in [5, 5.41) is 20.2. The van der Waals surface area contributed by atoms with Gasteiger partial charge in [0.1, 0.15) is 17.2 Å². The molecular weight excluding hydrogens is 510 g/mol. The van der Waals surface area contributed by atoms with Gasteiger partial charge in [-0.25, -0.2) is 22.2 Å². The Hall–Kier alpha value is -3.11. The molecule has 1 aromatic heterocycles. The van der Waals surface area contributed by atoms with E-state index < -0.39 is 33.7 Å². The average Bonchev–Trinajstić information content (AvgIpc) is 3.23. The second-order valence-corrected chi connectivity index (χ2v) is 11.3. The Balaban J connectivity index is 1.88. The molecule has 1 heterocycles. The Kier molecular flexibility index (Phi) is 6.78. The maximum atomic E-state index is 14.7. The summed E-state index contributed by atoms with van der Waals surface area (Å²) in [6.07, 6.45) is 2.52. The number of nitrogens with zero attached hydrogens (tertiary/aromatic N) is 2. The van der Waals surface area contributed by atoms with E-state index in [4.69, 9.17) is 11.6 Å². The highest BCUT2D eigenvalue weighted by Crippen LogP contribution is 2.35. The van der Waals surface area contributed by atoms with Crippen molar-refractivity contribution >= 4 is 21.4 Å². The molecule has 0 fully saturated rings. The van der Waals surface area contributed by atoms with Crippen molar-refractivity contribution in [3.05, 3.63) is 88.7 Å². The van der Waals surface area contributed by atoms with Crippen LogP contribution in [-0.4, -0.2) is 34.4 Å². The molecule has 0 aliphatic carbocycles. The molecule has 0 saturated carbocycles. The van der Waals surface area contributed by atoms with Gasteiger partial charge in [-0.05, 0) is 60.9 Å². The molecule has 0 bridgehead atoms. The van der Waals surface area contributed by atoms with Gasteiger partial charge in [-0.1, -0.05) is 35.9 Å². The molecule has 4 aromatic rings. The number of sulfone groups is 1. The molecule has 10 heteroatoms. The van der Waals surface area contributed by atoms with Crippen LogP contribution >= 0.6 is 11.6 Å². The van der Waals surface area contributed by atoms with Gasteiger partial charge in [-0.15, -0.1) is 0 Å². The zero-order valence-electron chi connectivity index (χ0n) is 19.6. The van der Waals surface area contributed by atoms with E-state index >= 15 is 0 Å². The normalized spacial score (nSPS) is 12.2. The van der Waals surface area contributed by atoms with Crippen LogP contribution in [0, 0.1) is 11.6 Å². The first kappa shape index (κ1) is 26.0. The Morgan fingerprint density at radius 3 is 2.19 bits per heavy atom. The third-order valence-electron chi connectivity index (χ3n) is 5.70. The topological polar surface area (TPSA) is 92.4 Å². The fraction of sp³-hybridized carbons (Fsp3) is 0.192. The van der Waals surface area contributed by atoms with Crippen LogP contribution in [0.4, 0.5) is 8.78 Å². The van der Waals surface area contributed by atoms with Crippen molar-refractivity contribution in [1.29, 1.82) is 0 Å². The summed E-state index contributed by atoms with van der Waals surface area (Å²) in [7, 11) is -3.59. The van der Waals surface area contributed by atoms with Crippen LogP contribution in [0.25, 0.3) is 28.2 Å². The molecule has 4 rings (SSSR count). The summed E-state index contributed by atoms with van der Waals surface area (Å²) in [6.45, 7) is 2.57. The fourth-order valence-corrected chi connectivity index (χ4v) is 5.06. The highest BCUT2D eigenvalue weighted by atomic mass is 35.5. The van der Waals surface area contributed by atoms with E-state index in [-0.39, 0.29) is 32.6 Å². The molecule has 2 N–H and O–H groups in total. The minimum absolute atomic E-state index is 0.00411. The first-order valence-corrected chi connectivity index (χ1v) is 13.1. The van der Waals surface area contributed by atoms with Crippen molar-refractivity contribution in [3.63, 3.8) is 0 Å². The second-order valence-electron chi connectivity index (χ2n) is 8.89. The number of aliphatic hydroxyl groups is 2. The zero-order valence-corrected chi connectivity index (χ0v) is 21.2. The van der Waals surface area contributed by atoms with Crippen molar-refractivity contribution < 1.29 is 27.4 Å². The van der Waals surface area contributed by atoms with Crippen molar-refractivity contribution in [2.24, 2.45) is 0 Å². The van der Waals surface area contributed by atoms with Crippen molar-refractivity contribution in [2.45, 2.75) is 31.0 Å². The third-order valence-corrected chi connectivity index (χ3v) is 7.18. The monoisotopic (exact) mass is 532 g/mol. The maximum Gasteiger partial charge on any atom is 0.175 e. The molecule has 0 amide bonds. The number of imidazole rings is 1. The predicted octanol–water partition coefficient (Wildman–Crippen LogP) is 5.26. The summed E-state index contributed by atoms with van der Waals surface area (Å²) >= 11 is 6.61. The van der Waals surface area contributed by atoms with Gasteiger partial charge in [-0.3, -0.25) is 4.57 Å². The number of aromatic nitrogens is 2. The van der Waals surface area contributed by atoms with Crippen LogP contribution in [0.2, 0.25) is 5.02 Å². The molecule has 0 unspecified atom stereocenters. The molecule has 188 valence electrons. The minimum atomic E-state index is -3.59. The molecule has 0 spiro atoms.